The van der Waals surface area contributed by atoms with Crippen LogP contribution in [0.3, 0.4) is 0 Å². The zero-order valence-electron chi connectivity index (χ0n) is 14.9. The van der Waals surface area contributed by atoms with Crippen LogP contribution in [0.15, 0.2) is 47.4 Å². The minimum absolute atomic E-state index is 0.151. The van der Waals surface area contributed by atoms with Crippen LogP contribution in [-0.2, 0) is 23.1 Å². The lowest BCUT2D eigenvalue weighted by atomic mass is 10.1. The van der Waals surface area contributed by atoms with Gasteiger partial charge in [0.25, 0.3) is 5.91 Å². The van der Waals surface area contributed by atoms with Gasteiger partial charge in [-0.25, -0.2) is 13.1 Å². The molecule has 3 rings (SSSR count). The number of hydrogen-bond acceptors (Lipinski definition) is 4. The highest BCUT2D eigenvalue weighted by molar-refractivity contribution is 7.89. The fourth-order valence-corrected chi connectivity index (χ4v) is 3.93. The van der Waals surface area contributed by atoms with Crippen LogP contribution in [0.25, 0.3) is 0 Å². The highest BCUT2D eigenvalue weighted by atomic mass is 32.2. The minimum atomic E-state index is -3.55. The topological polar surface area (TPSA) is 87.3 Å². The van der Waals surface area contributed by atoms with E-state index in [0.717, 1.165) is 18.8 Å². The van der Waals surface area contributed by atoms with Crippen molar-refractivity contribution in [2.75, 3.05) is 11.9 Å². The fourth-order valence-electron chi connectivity index (χ4n) is 2.72. The Morgan fingerprint density at radius 1 is 1.08 bits per heavy atom. The number of sulfonamides is 1. The lowest BCUT2D eigenvalue weighted by molar-refractivity contribution is 0.102. The van der Waals surface area contributed by atoms with Crippen LogP contribution in [0.4, 0.5) is 5.69 Å². The molecular weight excluding hydrogens is 350 g/mol. The summed E-state index contributed by atoms with van der Waals surface area (Å²) in [6.07, 6.45) is 0. The van der Waals surface area contributed by atoms with Crippen LogP contribution in [0.5, 0.6) is 0 Å². The lowest BCUT2D eigenvalue weighted by Gasteiger charge is -2.10. The van der Waals surface area contributed by atoms with Gasteiger partial charge in [-0.05, 0) is 53.4 Å². The molecule has 1 heterocycles. The van der Waals surface area contributed by atoms with Crippen molar-refractivity contribution < 1.29 is 13.2 Å². The van der Waals surface area contributed by atoms with E-state index in [1.807, 2.05) is 32.0 Å². The quantitative estimate of drug-likeness (QED) is 0.726. The summed E-state index contributed by atoms with van der Waals surface area (Å²) in [7, 11) is -3.55. The second kappa shape index (κ2) is 7.57. The van der Waals surface area contributed by atoms with Crippen LogP contribution in [0.2, 0.25) is 0 Å². The average Bonchev–Trinajstić information content (AvgIpc) is 3.08. The number of nitrogens with one attached hydrogen (secondary N) is 3. The maximum atomic E-state index is 12.4. The predicted molar refractivity (Wildman–Crippen MR) is 101 cm³/mol. The van der Waals surface area contributed by atoms with Gasteiger partial charge in [-0.2, -0.15) is 0 Å². The summed E-state index contributed by atoms with van der Waals surface area (Å²) < 4.78 is 27.0. The normalized spacial score (nSPS) is 13.7. The predicted octanol–water partition coefficient (Wildman–Crippen LogP) is 2.48. The van der Waals surface area contributed by atoms with Crippen molar-refractivity contribution in [1.82, 2.24) is 10.0 Å². The van der Waals surface area contributed by atoms with E-state index in [1.165, 1.54) is 35.4 Å². The second-order valence-corrected chi connectivity index (χ2v) is 8.58. The number of anilines is 1. The van der Waals surface area contributed by atoms with E-state index in [-0.39, 0.29) is 16.7 Å². The van der Waals surface area contributed by atoms with Crippen molar-refractivity contribution in [2.45, 2.75) is 31.8 Å². The smallest absolute Gasteiger partial charge is 0.255 e. The van der Waals surface area contributed by atoms with Crippen LogP contribution in [0, 0.1) is 5.92 Å². The summed E-state index contributed by atoms with van der Waals surface area (Å²) in [5.41, 5.74) is 3.56. The van der Waals surface area contributed by atoms with E-state index in [1.54, 1.807) is 0 Å². The van der Waals surface area contributed by atoms with Gasteiger partial charge in [0, 0.05) is 30.9 Å². The van der Waals surface area contributed by atoms with Crippen LogP contribution in [0.1, 0.15) is 35.3 Å². The largest absolute Gasteiger partial charge is 0.322 e. The van der Waals surface area contributed by atoms with E-state index in [2.05, 4.69) is 15.4 Å². The fraction of sp³-hybridized carbons (Fsp3) is 0.316. The van der Waals surface area contributed by atoms with Gasteiger partial charge in [0.05, 0.1) is 4.90 Å². The molecule has 2 aromatic carbocycles. The first-order chi connectivity index (χ1) is 12.3. The second-order valence-electron chi connectivity index (χ2n) is 6.81. The maximum absolute atomic E-state index is 12.4. The molecule has 0 radical (unpaired) electrons. The van der Waals surface area contributed by atoms with Gasteiger partial charge in [-0.3, -0.25) is 4.79 Å². The van der Waals surface area contributed by atoms with Gasteiger partial charge < -0.3 is 10.6 Å². The number of fused-ring (bicyclic) bond motifs is 1. The highest BCUT2D eigenvalue weighted by Gasteiger charge is 2.16. The first kappa shape index (κ1) is 18.6. The van der Waals surface area contributed by atoms with E-state index < -0.39 is 10.0 Å². The molecular formula is C19H23N3O3S. The molecule has 26 heavy (non-hydrogen) atoms. The third-order valence-electron chi connectivity index (χ3n) is 4.20. The molecule has 138 valence electrons. The first-order valence-corrected chi connectivity index (χ1v) is 10.1. The van der Waals surface area contributed by atoms with E-state index in [0.29, 0.717) is 12.1 Å². The molecule has 0 saturated carbocycles. The maximum Gasteiger partial charge on any atom is 0.255 e. The molecule has 0 spiro atoms. The zero-order valence-corrected chi connectivity index (χ0v) is 15.7. The third-order valence-corrected chi connectivity index (χ3v) is 5.64. The molecule has 1 aliphatic heterocycles. The van der Waals surface area contributed by atoms with Crippen molar-refractivity contribution in [2.24, 2.45) is 5.92 Å². The van der Waals surface area contributed by atoms with E-state index in [9.17, 15) is 13.2 Å². The summed E-state index contributed by atoms with van der Waals surface area (Å²) in [6, 6.07) is 11.8. The zero-order chi connectivity index (χ0) is 18.7. The molecule has 0 fully saturated rings. The molecule has 0 bridgehead atoms. The van der Waals surface area contributed by atoms with Crippen LogP contribution in [-0.4, -0.2) is 20.9 Å². The van der Waals surface area contributed by atoms with Crippen molar-refractivity contribution >= 4 is 21.6 Å². The Bertz CT molecular complexity index is 906. The highest BCUT2D eigenvalue weighted by Crippen LogP contribution is 2.20. The molecule has 7 heteroatoms. The number of carbonyl (C=O) groups excluding carboxylic acids is 1. The average molecular weight is 373 g/mol. The summed E-state index contributed by atoms with van der Waals surface area (Å²) >= 11 is 0. The van der Waals surface area contributed by atoms with Crippen molar-refractivity contribution in [3.05, 3.63) is 59.2 Å². The number of amides is 1. The Labute approximate surface area is 154 Å². The van der Waals surface area contributed by atoms with Gasteiger partial charge >= 0.3 is 0 Å². The summed E-state index contributed by atoms with van der Waals surface area (Å²) in [6.45, 7) is 5.90. The van der Waals surface area contributed by atoms with Gasteiger partial charge in [-0.15, -0.1) is 0 Å². The van der Waals surface area contributed by atoms with E-state index in [4.69, 9.17) is 0 Å². The summed E-state index contributed by atoms with van der Waals surface area (Å²) in [5.74, 6) is -0.0488. The number of carbonyl (C=O) groups is 1. The first-order valence-electron chi connectivity index (χ1n) is 8.59. The molecule has 0 atom stereocenters. The van der Waals surface area contributed by atoms with Crippen molar-refractivity contribution in [3.8, 4) is 0 Å². The Hall–Kier alpha value is -2.22. The molecule has 0 aliphatic carbocycles. The van der Waals surface area contributed by atoms with Crippen LogP contribution < -0.4 is 15.4 Å². The Morgan fingerprint density at radius 2 is 1.77 bits per heavy atom. The monoisotopic (exact) mass is 373 g/mol. The van der Waals surface area contributed by atoms with Crippen LogP contribution >= 0.6 is 0 Å². The molecule has 0 unspecified atom stereocenters. The SMILES string of the molecule is CC(C)CNS(=O)(=O)c1ccc(C(=O)Nc2ccc3c(c2)CNC3)cc1. The summed E-state index contributed by atoms with van der Waals surface area (Å²) in [5, 5.41) is 6.12. The molecule has 0 saturated heterocycles. The van der Waals surface area contributed by atoms with Crippen molar-refractivity contribution in [1.29, 1.82) is 0 Å². The van der Waals surface area contributed by atoms with Gasteiger partial charge in [0.1, 0.15) is 0 Å². The number of benzene rings is 2. The molecule has 2 aromatic rings. The van der Waals surface area contributed by atoms with Gasteiger partial charge in [0.15, 0.2) is 0 Å². The lowest BCUT2D eigenvalue weighted by Crippen LogP contribution is -2.27. The van der Waals surface area contributed by atoms with Gasteiger partial charge in [0.2, 0.25) is 10.0 Å². The Balaban J connectivity index is 1.69. The molecule has 1 aliphatic rings. The van der Waals surface area contributed by atoms with Crippen molar-refractivity contribution in [3.63, 3.8) is 0 Å². The third kappa shape index (κ3) is 4.30. The standard InChI is InChI=1S/C19H23N3O3S/c1-13(2)10-21-26(24,25)18-7-4-14(5-8-18)19(23)22-17-6-3-15-11-20-12-16(15)9-17/h3-9,13,20-21H,10-12H2,1-2H3,(H,22,23). The minimum Gasteiger partial charge on any atom is -0.322 e. The number of hydrogen-bond donors (Lipinski definition) is 3. The molecule has 0 aromatic heterocycles. The number of rotatable bonds is 6. The summed E-state index contributed by atoms with van der Waals surface area (Å²) in [4.78, 5) is 12.5. The molecule has 6 nitrogen and oxygen atoms in total. The van der Waals surface area contributed by atoms with E-state index >= 15 is 0 Å². The van der Waals surface area contributed by atoms with Gasteiger partial charge in [-0.1, -0.05) is 19.9 Å². The Morgan fingerprint density at radius 3 is 2.46 bits per heavy atom. The molecule has 1 amide bonds. The molecule has 3 N–H and O–H groups in total. The Kier molecular flexibility index (Phi) is 5.41.